The lowest BCUT2D eigenvalue weighted by atomic mass is 10.2. The molecule has 6 heteroatoms. The van der Waals surface area contributed by atoms with Crippen molar-refractivity contribution in [3.8, 4) is 5.75 Å². The Morgan fingerprint density at radius 3 is 2.64 bits per heavy atom. The maximum absolute atomic E-state index is 6.01. The smallest absolute Gasteiger partial charge is 0.193 e. The summed E-state index contributed by atoms with van der Waals surface area (Å²) in [5.41, 5.74) is 0. The van der Waals surface area contributed by atoms with Crippen molar-refractivity contribution in [2.24, 2.45) is 10.9 Å². The summed E-state index contributed by atoms with van der Waals surface area (Å²) in [5.74, 6) is 2.59. The molecule has 1 unspecified atom stereocenters. The fourth-order valence-electron chi connectivity index (χ4n) is 2.39. The van der Waals surface area contributed by atoms with Gasteiger partial charge in [-0.2, -0.15) is 0 Å². The van der Waals surface area contributed by atoms with Gasteiger partial charge in [-0.3, -0.25) is 4.99 Å². The SMILES string of the molecule is CCC(CNC(=NC)N(C)CCOCC1CC1)Oc1ccccc1.I. The van der Waals surface area contributed by atoms with Crippen LogP contribution in [0.3, 0.4) is 0 Å². The number of guanidine groups is 1. The number of halogens is 1. The van der Waals surface area contributed by atoms with E-state index in [0.29, 0.717) is 0 Å². The molecule has 0 heterocycles. The van der Waals surface area contributed by atoms with Gasteiger partial charge in [-0.05, 0) is 37.3 Å². The van der Waals surface area contributed by atoms with Crippen LogP contribution in [0.25, 0.3) is 0 Å². The highest BCUT2D eigenvalue weighted by Crippen LogP contribution is 2.28. The van der Waals surface area contributed by atoms with Crippen molar-refractivity contribution in [3.63, 3.8) is 0 Å². The topological polar surface area (TPSA) is 46.1 Å². The molecule has 1 fully saturated rings. The van der Waals surface area contributed by atoms with Gasteiger partial charge in [0.05, 0.1) is 13.2 Å². The molecule has 25 heavy (non-hydrogen) atoms. The molecule has 5 nitrogen and oxygen atoms in total. The Hall–Kier alpha value is -1.02. The molecule has 0 saturated heterocycles. The summed E-state index contributed by atoms with van der Waals surface area (Å²) in [6, 6.07) is 9.95. The highest BCUT2D eigenvalue weighted by Gasteiger charge is 2.21. The Labute approximate surface area is 169 Å². The van der Waals surface area contributed by atoms with Crippen molar-refractivity contribution in [3.05, 3.63) is 30.3 Å². The molecule has 1 aromatic rings. The summed E-state index contributed by atoms with van der Waals surface area (Å²) in [7, 11) is 3.84. The van der Waals surface area contributed by atoms with Crippen molar-refractivity contribution >= 4 is 29.9 Å². The van der Waals surface area contributed by atoms with E-state index in [-0.39, 0.29) is 30.1 Å². The van der Waals surface area contributed by atoms with Crippen LogP contribution in [-0.2, 0) is 4.74 Å². The van der Waals surface area contributed by atoms with Crippen LogP contribution in [0.1, 0.15) is 26.2 Å². The van der Waals surface area contributed by atoms with E-state index in [1.165, 1.54) is 12.8 Å². The normalized spacial score (nSPS) is 15.2. The molecular weight excluding hydrogens is 429 g/mol. The lowest BCUT2D eigenvalue weighted by Crippen LogP contribution is -2.44. The minimum Gasteiger partial charge on any atom is -0.489 e. The lowest BCUT2D eigenvalue weighted by molar-refractivity contribution is 0.115. The lowest BCUT2D eigenvalue weighted by Gasteiger charge is -2.24. The van der Waals surface area contributed by atoms with Gasteiger partial charge in [0.2, 0.25) is 0 Å². The Morgan fingerprint density at radius 2 is 2.04 bits per heavy atom. The number of ether oxygens (including phenoxy) is 2. The molecule has 0 amide bonds. The molecule has 1 N–H and O–H groups in total. The number of likely N-dealkylation sites (N-methyl/N-ethyl adjacent to an activating group) is 1. The van der Waals surface area contributed by atoms with Crippen LogP contribution >= 0.6 is 24.0 Å². The van der Waals surface area contributed by atoms with Gasteiger partial charge >= 0.3 is 0 Å². The summed E-state index contributed by atoms with van der Waals surface area (Å²) >= 11 is 0. The molecule has 1 aliphatic rings. The molecule has 0 bridgehead atoms. The van der Waals surface area contributed by atoms with Gasteiger partial charge < -0.3 is 19.7 Å². The van der Waals surface area contributed by atoms with Gasteiger partial charge in [-0.1, -0.05) is 25.1 Å². The number of hydrogen-bond acceptors (Lipinski definition) is 3. The van der Waals surface area contributed by atoms with Crippen LogP contribution in [0.15, 0.2) is 35.3 Å². The van der Waals surface area contributed by atoms with Crippen molar-refractivity contribution in [1.29, 1.82) is 0 Å². The second-order valence-electron chi connectivity index (χ2n) is 6.33. The zero-order valence-corrected chi connectivity index (χ0v) is 17.9. The number of benzene rings is 1. The van der Waals surface area contributed by atoms with E-state index in [1.807, 2.05) is 44.4 Å². The van der Waals surface area contributed by atoms with Crippen LogP contribution < -0.4 is 10.1 Å². The van der Waals surface area contributed by atoms with Crippen LogP contribution in [0, 0.1) is 5.92 Å². The quantitative estimate of drug-likeness (QED) is 0.251. The molecule has 1 atom stereocenters. The highest BCUT2D eigenvalue weighted by atomic mass is 127. The van der Waals surface area contributed by atoms with Gasteiger partial charge in [-0.25, -0.2) is 0 Å². The van der Waals surface area contributed by atoms with Gasteiger partial charge in [0, 0.05) is 27.2 Å². The summed E-state index contributed by atoms with van der Waals surface area (Å²) in [6.07, 6.45) is 3.72. The maximum atomic E-state index is 6.01. The number of para-hydroxylation sites is 1. The molecule has 1 aliphatic carbocycles. The summed E-state index contributed by atoms with van der Waals surface area (Å²) < 4.78 is 11.7. The molecular formula is C19H32IN3O2. The number of nitrogens with zero attached hydrogens (tertiary/aromatic N) is 2. The zero-order chi connectivity index (χ0) is 17.2. The molecule has 0 spiro atoms. The van der Waals surface area contributed by atoms with E-state index in [1.54, 1.807) is 0 Å². The first-order chi connectivity index (χ1) is 11.7. The second kappa shape index (κ2) is 12.4. The second-order valence-corrected chi connectivity index (χ2v) is 6.33. The predicted octanol–water partition coefficient (Wildman–Crippen LogP) is 3.40. The molecule has 0 radical (unpaired) electrons. The van der Waals surface area contributed by atoms with Crippen molar-refractivity contribution in [2.75, 3.05) is 40.4 Å². The van der Waals surface area contributed by atoms with E-state index in [9.17, 15) is 0 Å². The average molecular weight is 461 g/mol. The number of aliphatic imine (C=N–C) groups is 1. The van der Waals surface area contributed by atoms with E-state index in [4.69, 9.17) is 9.47 Å². The van der Waals surface area contributed by atoms with Gasteiger partial charge in [0.15, 0.2) is 5.96 Å². The van der Waals surface area contributed by atoms with Crippen LogP contribution in [0.5, 0.6) is 5.75 Å². The predicted molar refractivity (Wildman–Crippen MR) is 114 cm³/mol. The third-order valence-corrected chi connectivity index (χ3v) is 4.18. The van der Waals surface area contributed by atoms with Crippen molar-refractivity contribution < 1.29 is 9.47 Å². The molecule has 0 aromatic heterocycles. The maximum Gasteiger partial charge on any atom is 0.193 e. The van der Waals surface area contributed by atoms with Crippen LogP contribution in [0.2, 0.25) is 0 Å². The molecule has 1 saturated carbocycles. The minimum atomic E-state index is 0. The van der Waals surface area contributed by atoms with Gasteiger partial charge in [0.25, 0.3) is 0 Å². The Balaban J connectivity index is 0.00000312. The van der Waals surface area contributed by atoms with E-state index >= 15 is 0 Å². The first kappa shape index (κ1) is 22.0. The van der Waals surface area contributed by atoms with E-state index < -0.39 is 0 Å². The van der Waals surface area contributed by atoms with Crippen molar-refractivity contribution in [2.45, 2.75) is 32.3 Å². The first-order valence-corrected chi connectivity index (χ1v) is 8.94. The van der Waals surface area contributed by atoms with Gasteiger partial charge in [0.1, 0.15) is 11.9 Å². The minimum absolute atomic E-state index is 0. The molecule has 2 rings (SSSR count). The standard InChI is InChI=1S/C19H31N3O2.HI/c1-4-17(24-18-8-6-5-7-9-18)14-21-19(20-2)22(3)12-13-23-15-16-10-11-16;/h5-9,16-17H,4,10-15H2,1-3H3,(H,20,21);1H. The first-order valence-electron chi connectivity index (χ1n) is 8.94. The Morgan fingerprint density at radius 1 is 1.32 bits per heavy atom. The van der Waals surface area contributed by atoms with E-state index in [2.05, 4.69) is 22.1 Å². The molecule has 0 aliphatic heterocycles. The Kier molecular flexibility index (Phi) is 10.9. The van der Waals surface area contributed by atoms with Crippen LogP contribution in [0.4, 0.5) is 0 Å². The fourth-order valence-corrected chi connectivity index (χ4v) is 2.39. The average Bonchev–Trinajstić information content (AvgIpc) is 3.43. The largest absolute Gasteiger partial charge is 0.489 e. The van der Waals surface area contributed by atoms with E-state index in [0.717, 1.165) is 50.4 Å². The number of hydrogen-bond donors (Lipinski definition) is 1. The van der Waals surface area contributed by atoms with Crippen LogP contribution in [-0.4, -0.2) is 57.4 Å². The molecule has 142 valence electrons. The Bertz CT molecular complexity index is 495. The third-order valence-electron chi connectivity index (χ3n) is 4.18. The summed E-state index contributed by atoms with van der Waals surface area (Å²) in [6.45, 7) is 5.34. The highest BCUT2D eigenvalue weighted by molar-refractivity contribution is 14.0. The monoisotopic (exact) mass is 461 g/mol. The third kappa shape index (κ3) is 8.76. The fraction of sp³-hybridized carbons (Fsp3) is 0.632. The van der Waals surface area contributed by atoms with Gasteiger partial charge in [-0.15, -0.1) is 24.0 Å². The zero-order valence-electron chi connectivity index (χ0n) is 15.6. The van der Waals surface area contributed by atoms with Crippen molar-refractivity contribution in [1.82, 2.24) is 10.2 Å². The molecule has 1 aromatic carbocycles. The summed E-state index contributed by atoms with van der Waals surface area (Å²) in [5, 5.41) is 3.40. The number of rotatable bonds is 10. The summed E-state index contributed by atoms with van der Waals surface area (Å²) in [4.78, 5) is 6.45. The number of nitrogens with one attached hydrogen (secondary N) is 1.